The summed E-state index contributed by atoms with van der Waals surface area (Å²) in [6.45, 7) is 5.32. The van der Waals surface area contributed by atoms with Crippen LogP contribution in [0, 0.1) is 13.8 Å². The summed E-state index contributed by atoms with van der Waals surface area (Å²) in [5.41, 5.74) is 2.07. The molecule has 2 fully saturated rings. The number of carbonyl (C=O) groups is 1. The molecule has 2 unspecified atom stereocenters. The van der Waals surface area contributed by atoms with E-state index < -0.39 is 6.09 Å². The van der Waals surface area contributed by atoms with Gasteiger partial charge in [0.1, 0.15) is 12.1 Å². The Morgan fingerprint density at radius 1 is 1.33 bits per heavy atom. The normalized spacial score (nSPS) is 25.9. The van der Waals surface area contributed by atoms with Crippen LogP contribution in [0.25, 0.3) is 0 Å². The van der Waals surface area contributed by atoms with Crippen LogP contribution in [0.3, 0.4) is 0 Å². The van der Waals surface area contributed by atoms with Crippen LogP contribution < -0.4 is 4.90 Å². The van der Waals surface area contributed by atoms with Gasteiger partial charge in [0.15, 0.2) is 0 Å². The molecule has 1 aromatic heterocycles. The lowest BCUT2D eigenvalue weighted by Gasteiger charge is -2.34. The van der Waals surface area contributed by atoms with E-state index in [2.05, 4.69) is 14.9 Å². The van der Waals surface area contributed by atoms with Crippen LogP contribution in [-0.2, 0) is 0 Å². The first-order chi connectivity index (χ1) is 8.58. The van der Waals surface area contributed by atoms with Gasteiger partial charge in [0.2, 0.25) is 0 Å². The average molecular weight is 248 g/mol. The Bertz CT molecular complexity index is 505. The van der Waals surface area contributed by atoms with Gasteiger partial charge < -0.3 is 14.9 Å². The molecule has 0 aromatic carbocycles. The first kappa shape index (κ1) is 11.3. The molecule has 2 aliphatic heterocycles. The van der Waals surface area contributed by atoms with E-state index in [1.807, 2.05) is 13.8 Å². The molecule has 0 saturated carbocycles. The number of hydrogen-bond acceptors (Lipinski definition) is 4. The SMILES string of the molecule is Cc1ncnc(N2CC3CC2CN3C(=O)O)c1C. The second kappa shape index (κ2) is 3.83. The number of aryl methyl sites for hydroxylation is 1. The number of carboxylic acid groups (broad SMARTS) is 1. The van der Waals surface area contributed by atoms with Gasteiger partial charge in [-0.2, -0.15) is 0 Å². The number of piperazine rings is 1. The second-order valence-electron chi connectivity index (χ2n) is 5.04. The minimum Gasteiger partial charge on any atom is -0.465 e. The highest BCUT2D eigenvalue weighted by Crippen LogP contribution is 2.35. The Morgan fingerprint density at radius 2 is 2.11 bits per heavy atom. The number of hydrogen-bond donors (Lipinski definition) is 1. The molecular weight excluding hydrogens is 232 g/mol. The minimum atomic E-state index is -0.808. The van der Waals surface area contributed by atoms with Crippen LogP contribution in [0.4, 0.5) is 10.6 Å². The number of likely N-dealkylation sites (tertiary alicyclic amines) is 1. The van der Waals surface area contributed by atoms with Gasteiger partial charge in [0.05, 0.1) is 12.1 Å². The van der Waals surface area contributed by atoms with Crippen molar-refractivity contribution in [3.8, 4) is 0 Å². The Labute approximate surface area is 105 Å². The maximum Gasteiger partial charge on any atom is 0.407 e. The quantitative estimate of drug-likeness (QED) is 0.804. The fourth-order valence-corrected chi connectivity index (χ4v) is 2.98. The summed E-state index contributed by atoms with van der Waals surface area (Å²) in [4.78, 5) is 23.3. The molecular formula is C12H16N4O2. The predicted molar refractivity (Wildman–Crippen MR) is 65.8 cm³/mol. The van der Waals surface area contributed by atoms with Crippen LogP contribution in [0.5, 0.6) is 0 Å². The third kappa shape index (κ3) is 1.52. The number of anilines is 1. The smallest absolute Gasteiger partial charge is 0.407 e. The first-order valence-corrected chi connectivity index (χ1v) is 6.12. The molecule has 0 radical (unpaired) electrons. The summed E-state index contributed by atoms with van der Waals surface area (Å²) in [6, 6.07) is 0.376. The van der Waals surface area contributed by atoms with Gasteiger partial charge in [-0.15, -0.1) is 0 Å². The van der Waals surface area contributed by atoms with Crippen LogP contribution >= 0.6 is 0 Å². The molecule has 2 bridgehead atoms. The molecule has 18 heavy (non-hydrogen) atoms. The third-order valence-corrected chi connectivity index (χ3v) is 4.07. The van der Waals surface area contributed by atoms with E-state index in [0.29, 0.717) is 6.54 Å². The van der Waals surface area contributed by atoms with Crippen molar-refractivity contribution in [3.05, 3.63) is 17.6 Å². The van der Waals surface area contributed by atoms with E-state index in [1.165, 1.54) is 0 Å². The molecule has 0 spiro atoms. The molecule has 0 aliphatic carbocycles. The Morgan fingerprint density at radius 3 is 2.72 bits per heavy atom. The highest BCUT2D eigenvalue weighted by Gasteiger charge is 2.46. The number of amides is 1. The molecule has 2 atom stereocenters. The van der Waals surface area contributed by atoms with Crippen molar-refractivity contribution in [3.63, 3.8) is 0 Å². The number of nitrogens with zero attached hydrogens (tertiary/aromatic N) is 4. The van der Waals surface area contributed by atoms with E-state index in [-0.39, 0.29) is 12.1 Å². The highest BCUT2D eigenvalue weighted by atomic mass is 16.4. The van der Waals surface area contributed by atoms with Crippen LogP contribution in [-0.4, -0.2) is 51.2 Å². The lowest BCUT2D eigenvalue weighted by atomic mass is 10.2. The summed E-state index contributed by atoms with van der Waals surface area (Å²) in [5.74, 6) is 0.958. The average Bonchev–Trinajstić information content (AvgIpc) is 2.92. The van der Waals surface area contributed by atoms with Gasteiger partial charge >= 0.3 is 6.09 Å². The first-order valence-electron chi connectivity index (χ1n) is 6.12. The minimum absolute atomic E-state index is 0.113. The van der Waals surface area contributed by atoms with Crippen molar-refractivity contribution in [2.45, 2.75) is 32.4 Å². The lowest BCUT2D eigenvalue weighted by molar-refractivity contribution is 0.137. The molecule has 3 rings (SSSR count). The Hall–Kier alpha value is -1.85. The van der Waals surface area contributed by atoms with Crippen molar-refractivity contribution in [2.24, 2.45) is 0 Å². The number of aromatic nitrogens is 2. The Kier molecular flexibility index (Phi) is 2.39. The van der Waals surface area contributed by atoms with E-state index in [9.17, 15) is 4.79 Å². The number of fused-ring (bicyclic) bond motifs is 2. The lowest BCUT2D eigenvalue weighted by Crippen LogP contribution is -2.48. The summed E-state index contributed by atoms with van der Waals surface area (Å²) in [5, 5.41) is 9.07. The van der Waals surface area contributed by atoms with Gasteiger partial charge in [-0.25, -0.2) is 14.8 Å². The van der Waals surface area contributed by atoms with E-state index in [1.54, 1.807) is 11.2 Å². The van der Waals surface area contributed by atoms with Gasteiger partial charge in [0, 0.05) is 24.3 Å². The molecule has 2 saturated heterocycles. The fraction of sp³-hybridized carbons (Fsp3) is 0.583. The maximum atomic E-state index is 11.0. The molecule has 96 valence electrons. The molecule has 1 aromatic rings. The van der Waals surface area contributed by atoms with Crippen molar-refractivity contribution in [1.29, 1.82) is 0 Å². The van der Waals surface area contributed by atoms with E-state index in [0.717, 1.165) is 30.0 Å². The zero-order valence-corrected chi connectivity index (χ0v) is 10.5. The summed E-state index contributed by atoms with van der Waals surface area (Å²) < 4.78 is 0. The fourth-order valence-electron chi connectivity index (χ4n) is 2.98. The van der Waals surface area contributed by atoms with Gasteiger partial charge in [0.25, 0.3) is 0 Å². The summed E-state index contributed by atoms with van der Waals surface area (Å²) >= 11 is 0. The molecule has 1 amide bonds. The standard InChI is InChI=1S/C12H16N4O2/c1-7-8(2)13-6-14-11(7)15-4-10-3-9(15)5-16(10)12(17)18/h6,9-10H,3-5H2,1-2H3,(H,17,18). The highest BCUT2D eigenvalue weighted by molar-refractivity contribution is 5.67. The van der Waals surface area contributed by atoms with Crippen molar-refractivity contribution >= 4 is 11.9 Å². The zero-order chi connectivity index (χ0) is 12.9. The van der Waals surface area contributed by atoms with Gasteiger partial charge in [-0.05, 0) is 20.3 Å². The topological polar surface area (TPSA) is 69.6 Å². The predicted octanol–water partition coefficient (Wildman–Crippen LogP) is 1.03. The van der Waals surface area contributed by atoms with Crippen molar-refractivity contribution in [2.75, 3.05) is 18.0 Å². The number of rotatable bonds is 1. The molecule has 1 N–H and O–H groups in total. The monoisotopic (exact) mass is 248 g/mol. The zero-order valence-electron chi connectivity index (χ0n) is 10.5. The molecule has 6 heteroatoms. The molecule has 3 heterocycles. The summed E-state index contributed by atoms with van der Waals surface area (Å²) in [7, 11) is 0. The van der Waals surface area contributed by atoms with Crippen molar-refractivity contribution in [1.82, 2.24) is 14.9 Å². The van der Waals surface area contributed by atoms with Crippen LogP contribution in [0.1, 0.15) is 17.7 Å². The maximum absolute atomic E-state index is 11.0. The van der Waals surface area contributed by atoms with E-state index in [4.69, 9.17) is 5.11 Å². The van der Waals surface area contributed by atoms with Crippen LogP contribution in [0.15, 0.2) is 6.33 Å². The van der Waals surface area contributed by atoms with Crippen molar-refractivity contribution < 1.29 is 9.90 Å². The van der Waals surface area contributed by atoms with Gasteiger partial charge in [-0.1, -0.05) is 0 Å². The largest absolute Gasteiger partial charge is 0.465 e. The van der Waals surface area contributed by atoms with Gasteiger partial charge in [-0.3, -0.25) is 0 Å². The van der Waals surface area contributed by atoms with Crippen LogP contribution in [0.2, 0.25) is 0 Å². The Balaban J connectivity index is 1.86. The molecule has 2 aliphatic rings. The summed E-state index contributed by atoms with van der Waals surface area (Å²) in [6.07, 6.45) is 1.69. The molecule has 6 nitrogen and oxygen atoms in total. The van der Waals surface area contributed by atoms with E-state index >= 15 is 0 Å². The second-order valence-corrected chi connectivity index (χ2v) is 5.04. The third-order valence-electron chi connectivity index (χ3n) is 4.07.